The average Bonchev–Trinajstić information content (AvgIpc) is 3.47. The number of hydrogen-bond acceptors (Lipinski definition) is 7. The number of halogens is 1. The van der Waals surface area contributed by atoms with Gasteiger partial charge < -0.3 is 20.3 Å². The van der Waals surface area contributed by atoms with Crippen molar-refractivity contribution >= 4 is 51.7 Å². The van der Waals surface area contributed by atoms with Crippen LogP contribution in [0.4, 0.5) is 11.5 Å². The number of carbonyl (C=O) groups is 3. The fraction of sp³-hybridized carbons (Fsp3) is 0.281. The van der Waals surface area contributed by atoms with Gasteiger partial charge in [0, 0.05) is 37.7 Å². The highest BCUT2D eigenvalue weighted by molar-refractivity contribution is 6.31. The first-order valence-electron chi connectivity index (χ1n) is 13.9. The molecular weight excluding hydrogens is 554 g/mol. The minimum absolute atomic E-state index is 0.0100. The molecule has 0 spiro atoms. The van der Waals surface area contributed by atoms with Crippen LogP contribution in [-0.2, 0) is 16.0 Å². The summed E-state index contributed by atoms with van der Waals surface area (Å²) < 4.78 is 5.32. The van der Waals surface area contributed by atoms with Gasteiger partial charge >= 0.3 is 5.97 Å². The zero-order valence-electron chi connectivity index (χ0n) is 23.5. The van der Waals surface area contributed by atoms with Crippen molar-refractivity contribution < 1.29 is 19.1 Å². The Bertz CT molecular complexity index is 1620. The highest BCUT2D eigenvalue weighted by Gasteiger charge is 2.23. The first-order valence-corrected chi connectivity index (χ1v) is 14.3. The van der Waals surface area contributed by atoms with E-state index < -0.39 is 5.97 Å². The average molecular weight is 586 g/mol. The van der Waals surface area contributed by atoms with E-state index >= 15 is 0 Å². The Morgan fingerprint density at radius 3 is 2.40 bits per heavy atom. The minimum Gasteiger partial charge on any atom is -0.419 e. The number of ether oxygens (including phenoxy) is 1. The number of aromatic nitrogens is 2. The molecule has 0 aliphatic heterocycles. The molecule has 1 fully saturated rings. The molecule has 10 heteroatoms. The summed E-state index contributed by atoms with van der Waals surface area (Å²) in [7, 11) is 1.69. The van der Waals surface area contributed by atoms with Crippen molar-refractivity contribution in [2.75, 3.05) is 23.8 Å². The molecule has 1 aliphatic rings. The van der Waals surface area contributed by atoms with Gasteiger partial charge in [-0.3, -0.25) is 14.4 Å². The van der Waals surface area contributed by atoms with E-state index in [0.29, 0.717) is 23.5 Å². The van der Waals surface area contributed by atoms with Crippen LogP contribution in [0.5, 0.6) is 5.75 Å². The van der Waals surface area contributed by atoms with E-state index in [1.807, 2.05) is 60.7 Å². The monoisotopic (exact) mass is 585 g/mol. The molecule has 0 bridgehead atoms. The van der Waals surface area contributed by atoms with E-state index in [2.05, 4.69) is 20.6 Å². The number of anilines is 2. The number of nitrogens with zero attached hydrogens (tertiary/aromatic N) is 3. The smallest absolute Gasteiger partial charge is 0.308 e. The first-order chi connectivity index (χ1) is 20.2. The summed E-state index contributed by atoms with van der Waals surface area (Å²) in [6.45, 7) is 1.28. The Labute approximate surface area is 249 Å². The SMILES string of the molecule is CC(=O)Oc1c(Cl)nc(Cc2ccc(NC(=O)c3ccc4ccccc4c3)cc2)nc1N(C)CC(=O)NC1CCCC1. The van der Waals surface area contributed by atoms with Gasteiger partial charge in [-0.05, 0) is 53.4 Å². The summed E-state index contributed by atoms with van der Waals surface area (Å²) in [5, 5.41) is 8.03. The van der Waals surface area contributed by atoms with Crippen LogP contribution in [-0.4, -0.2) is 47.4 Å². The number of hydrogen-bond donors (Lipinski definition) is 2. The van der Waals surface area contributed by atoms with Crippen molar-refractivity contribution in [1.82, 2.24) is 15.3 Å². The van der Waals surface area contributed by atoms with E-state index in [9.17, 15) is 14.4 Å². The maximum absolute atomic E-state index is 12.8. The van der Waals surface area contributed by atoms with Crippen LogP contribution in [0.15, 0.2) is 66.7 Å². The van der Waals surface area contributed by atoms with Crippen LogP contribution < -0.4 is 20.3 Å². The molecular formula is C32H32ClN5O4. The van der Waals surface area contributed by atoms with Crippen molar-refractivity contribution in [2.45, 2.75) is 45.1 Å². The van der Waals surface area contributed by atoms with Gasteiger partial charge in [0.15, 0.2) is 11.0 Å². The number of benzene rings is 3. The second-order valence-corrected chi connectivity index (χ2v) is 10.8. The lowest BCUT2D eigenvalue weighted by Crippen LogP contribution is -2.40. The Hall–Kier alpha value is -4.50. The maximum Gasteiger partial charge on any atom is 0.308 e. The molecule has 9 nitrogen and oxygen atoms in total. The van der Waals surface area contributed by atoms with Gasteiger partial charge in [-0.2, -0.15) is 0 Å². The Balaban J connectivity index is 1.28. The fourth-order valence-corrected chi connectivity index (χ4v) is 5.30. The number of esters is 1. The normalized spacial score (nSPS) is 13.1. The topological polar surface area (TPSA) is 114 Å². The molecule has 1 aromatic heterocycles. The van der Waals surface area contributed by atoms with Crippen LogP contribution in [0.3, 0.4) is 0 Å². The second kappa shape index (κ2) is 13.0. The Morgan fingerprint density at radius 1 is 0.976 bits per heavy atom. The number of rotatable bonds is 9. The lowest BCUT2D eigenvalue weighted by Gasteiger charge is -2.22. The lowest BCUT2D eigenvalue weighted by molar-refractivity contribution is -0.131. The molecule has 216 valence electrons. The van der Waals surface area contributed by atoms with Gasteiger partial charge in [-0.15, -0.1) is 0 Å². The summed E-state index contributed by atoms with van der Waals surface area (Å²) in [5.41, 5.74) is 2.10. The summed E-state index contributed by atoms with van der Waals surface area (Å²) in [4.78, 5) is 47.8. The molecule has 1 aliphatic carbocycles. The van der Waals surface area contributed by atoms with Gasteiger partial charge in [0.2, 0.25) is 11.7 Å². The van der Waals surface area contributed by atoms with Gasteiger partial charge in [-0.25, -0.2) is 9.97 Å². The second-order valence-electron chi connectivity index (χ2n) is 10.5. The molecule has 0 atom stereocenters. The number of nitrogens with one attached hydrogen (secondary N) is 2. The molecule has 2 amide bonds. The van der Waals surface area contributed by atoms with Crippen molar-refractivity contribution in [2.24, 2.45) is 0 Å². The Kier molecular flexibility index (Phi) is 8.97. The lowest BCUT2D eigenvalue weighted by atomic mass is 10.1. The summed E-state index contributed by atoms with van der Waals surface area (Å²) in [6, 6.07) is 21.0. The van der Waals surface area contributed by atoms with Crippen molar-refractivity contribution in [3.63, 3.8) is 0 Å². The number of fused-ring (bicyclic) bond motifs is 1. The van der Waals surface area contributed by atoms with Crippen LogP contribution in [0.25, 0.3) is 10.8 Å². The molecule has 1 saturated carbocycles. The van der Waals surface area contributed by atoms with Gasteiger partial charge in [0.1, 0.15) is 5.82 Å². The Morgan fingerprint density at radius 2 is 1.69 bits per heavy atom. The fourth-order valence-electron chi connectivity index (χ4n) is 5.08. The van der Waals surface area contributed by atoms with Crippen LogP contribution >= 0.6 is 11.6 Å². The third-order valence-electron chi connectivity index (χ3n) is 7.15. The standard InChI is InChI=1S/C32H32ClN5O4/c1-20(39)42-29-30(33)36-27(37-31(29)38(2)19-28(40)34-25-9-5-6-10-25)17-21-11-15-26(16-12-21)35-32(41)24-14-13-22-7-3-4-8-23(22)18-24/h3-4,7-8,11-16,18,25H,5-6,9-10,17,19H2,1-2H3,(H,34,40)(H,35,41). The molecule has 2 N–H and O–H groups in total. The minimum atomic E-state index is -0.570. The van der Waals surface area contributed by atoms with Crippen molar-refractivity contribution in [1.29, 1.82) is 0 Å². The van der Waals surface area contributed by atoms with Crippen LogP contribution in [0.2, 0.25) is 5.15 Å². The number of amides is 2. The summed E-state index contributed by atoms with van der Waals surface area (Å²) >= 11 is 6.44. The van der Waals surface area contributed by atoms with Gasteiger partial charge in [0.25, 0.3) is 5.91 Å². The van der Waals surface area contributed by atoms with E-state index in [-0.39, 0.29) is 41.1 Å². The van der Waals surface area contributed by atoms with Crippen molar-refractivity contribution in [3.8, 4) is 5.75 Å². The van der Waals surface area contributed by atoms with E-state index in [1.165, 1.54) is 6.92 Å². The van der Waals surface area contributed by atoms with E-state index in [4.69, 9.17) is 16.3 Å². The maximum atomic E-state index is 12.8. The van der Waals surface area contributed by atoms with Gasteiger partial charge in [-0.1, -0.05) is 66.9 Å². The molecule has 1 heterocycles. The molecule has 0 saturated heterocycles. The number of likely N-dealkylation sites (N-methyl/N-ethyl adjacent to an activating group) is 1. The quantitative estimate of drug-likeness (QED) is 0.196. The highest BCUT2D eigenvalue weighted by atomic mass is 35.5. The highest BCUT2D eigenvalue weighted by Crippen LogP contribution is 2.33. The zero-order chi connectivity index (χ0) is 29.6. The van der Waals surface area contributed by atoms with Crippen LogP contribution in [0.1, 0.15) is 54.4 Å². The third-order valence-corrected chi connectivity index (χ3v) is 7.40. The molecule has 0 radical (unpaired) electrons. The van der Waals surface area contributed by atoms with Crippen molar-refractivity contribution in [3.05, 3.63) is 88.8 Å². The molecule has 42 heavy (non-hydrogen) atoms. The molecule has 0 unspecified atom stereocenters. The summed E-state index contributed by atoms with van der Waals surface area (Å²) in [6.07, 6.45) is 4.50. The predicted octanol–water partition coefficient (Wildman–Crippen LogP) is 5.55. The molecule has 4 aromatic rings. The number of carbonyl (C=O) groups excluding carboxylic acids is 3. The zero-order valence-corrected chi connectivity index (χ0v) is 24.3. The molecule has 5 rings (SSSR count). The van der Waals surface area contributed by atoms with E-state index in [1.54, 1.807) is 18.0 Å². The molecule has 3 aromatic carbocycles. The first kappa shape index (κ1) is 29.0. The predicted molar refractivity (Wildman–Crippen MR) is 163 cm³/mol. The van der Waals surface area contributed by atoms with Crippen LogP contribution in [0, 0.1) is 0 Å². The van der Waals surface area contributed by atoms with E-state index in [0.717, 1.165) is 42.0 Å². The van der Waals surface area contributed by atoms with Gasteiger partial charge in [0.05, 0.1) is 6.54 Å². The summed E-state index contributed by atoms with van der Waals surface area (Å²) in [5.74, 6) is -0.261. The largest absolute Gasteiger partial charge is 0.419 e. The third kappa shape index (κ3) is 7.22.